The maximum Gasteiger partial charge on any atom is 0.259 e. The number of amides is 1. The standard InChI is InChI=1S/C20H17BrN4OS/c1-13-15(12-27-18(13)21)19(26)24-20-23-16-7-2-3-8-17(16)25(20)11-9-14-6-4-5-10-22-14/h2-8,10,12H,9,11H2,1H3,(H,23,24,26). The molecule has 0 aliphatic heterocycles. The van der Waals surface area contributed by atoms with Crippen LogP contribution in [-0.2, 0) is 13.0 Å². The highest BCUT2D eigenvalue weighted by Gasteiger charge is 2.17. The number of aryl methyl sites for hydroxylation is 2. The second-order valence-electron chi connectivity index (χ2n) is 6.15. The second-order valence-corrected chi connectivity index (χ2v) is 8.35. The zero-order valence-corrected chi connectivity index (χ0v) is 17.0. The minimum Gasteiger partial charge on any atom is -0.310 e. The van der Waals surface area contributed by atoms with E-state index in [0.717, 1.165) is 32.5 Å². The number of nitrogens with one attached hydrogen (secondary N) is 1. The van der Waals surface area contributed by atoms with E-state index in [1.54, 1.807) is 6.20 Å². The van der Waals surface area contributed by atoms with Crippen molar-refractivity contribution >= 4 is 50.2 Å². The molecule has 0 aliphatic rings. The van der Waals surface area contributed by atoms with Gasteiger partial charge in [-0.1, -0.05) is 18.2 Å². The Hall–Kier alpha value is -2.51. The molecule has 0 saturated carbocycles. The van der Waals surface area contributed by atoms with Crippen molar-refractivity contribution < 1.29 is 4.79 Å². The maximum atomic E-state index is 12.8. The number of pyridine rings is 1. The van der Waals surface area contributed by atoms with Crippen LogP contribution in [0.25, 0.3) is 11.0 Å². The molecule has 1 N–H and O–H groups in total. The molecule has 7 heteroatoms. The van der Waals surface area contributed by atoms with Gasteiger partial charge in [-0.25, -0.2) is 4.98 Å². The highest BCUT2D eigenvalue weighted by molar-refractivity contribution is 9.11. The number of anilines is 1. The molecule has 0 saturated heterocycles. The van der Waals surface area contributed by atoms with E-state index in [-0.39, 0.29) is 5.91 Å². The first-order chi connectivity index (χ1) is 13.1. The summed E-state index contributed by atoms with van der Waals surface area (Å²) in [6, 6.07) is 13.8. The summed E-state index contributed by atoms with van der Waals surface area (Å²) >= 11 is 4.98. The molecule has 3 aromatic heterocycles. The van der Waals surface area contributed by atoms with Gasteiger partial charge in [0.1, 0.15) is 0 Å². The van der Waals surface area contributed by atoms with Gasteiger partial charge in [-0.2, -0.15) is 0 Å². The van der Waals surface area contributed by atoms with Gasteiger partial charge < -0.3 is 4.57 Å². The molecule has 3 heterocycles. The number of thiophene rings is 1. The zero-order chi connectivity index (χ0) is 18.8. The van der Waals surface area contributed by atoms with Crippen molar-refractivity contribution in [1.82, 2.24) is 14.5 Å². The number of hydrogen-bond acceptors (Lipinski definition) is 4. The van der Waals surface area contributed by atoms with Gasteiger partial charge in [-0.05, 0) is 52.7 Å². The fourth-order valence-electron chi connectivity index (χ4n) is 2.96. The molecular formula is C20H17BrN4OS. The van der Waals surface area contributed by atoms with Crippen LogP contribution >= 0.6 is 27.3 Å². The molecule has 0 spiro atoms. The molecular weight excluding hydrogens is 424 g/mol. The van der Waals surface area contributed by atoms with Crippen LogP contribution < -0.4 is 5.32 Å². The first-order valence-corrected chi connectivity index (χ1v) is 10.2. The summed E-state index contributed by atoms with van der Waals surface area (Å²) in [4.78, 5) is 21.8. The number of benzene rings is 1. The van der Waals surface area contributed by atoms with Crippen molar-refractivity contribution in [2.24, 2.45) is 0 Å². The first kappa shape index (κ1) is 17.9. The predicted molar refractivity (Wildman–Crippen MR) is 112 cm³/mol. The third-order valence-electron chi connectivity index (χ3n) is 4.42. The van der Waals surface area contributed by atoms with E-state index >= 15 is 0 Å². The van der Waals surface area contributed by atoms with Crippen LogP contribution in [0.4, 0.5) is 5.95 Å². The quantitative estimate of drug-likeness (QED) is 0.471. The van der Waals surface area contributed by atoms with E-state index in [4.69, 9.17) is 0 Å². The summed E-state index contributed by atoms with van der Waals surface area (Å²) in [5.74, 6) is 0.405. The summed E-state index contributed by atoms with van der Waals surface area (Å²) in [7, 11) is 0. The van der Waals surface area contributed by atoms with Gasteiger partial charge >= 0.3 is 0 Å². The lowest BCUT2D eigenvalue weighted by Gasteiger charge is -2.10. The molecule has 0 aliphatic carbocycles. The van der Waals surface area contributed by atoms with Crippen LogP contribution in [0.5, 0.6) is 0 Å². The van der Waals surface area contributed by atoms with Crippen LogP contribution in [-0.4, -0.2) is 20.4 Å². The van der Waals surface area contributed by atoms with Gasteiger partial charge in [0.25, 0.3) is 5.91 Å². The lowest BCUT2D eigenvalue weighted by atomic mass is 10.2. The van der Waals surface area contributed by atoms with E-state index in [2.05, 4.69) is 31.2 Å². The highest BCUT2D eigenvalue weighted by Crippen LogP contribution is 2.28. The van der Waals surface area contributed by atoms with Crippen LogP contribution in [0.1, 0.15) is 21.6 Å². The summed E-state index contributed by atoms with van der Waals surface area (Å²) in [6.45, 7) is 2.61. The molecule has 0 bridgehead atoms. The number of hydrogen-bond donors (Lipinski definition) is 1. The Balaban J connectivity index is 1.65. The fraction of sp³-hybridized carbons (Fsp3) is 0.150. The van der Waals surface area contributed by atoms with Crippen LogP contribution in [0.15, 0.2) is 57.8 Å². The lowest BCUT2D eigenvalue weighted by Crippen LogP contribution is -2.17. The second kappa shape index (κ2) is 7.62. The maximum absolute atomic E-state index is 12.8. The Labute approximate surface area is 169 Å². The molecule has 0 fully saturated rings. The first-order valence-electron chi connectivity index (χ1n) is 8.53. The zero-order valence-electron chi connectivity index (χ0n) is 14.6. The number of fused-ring (bicyclic) bond motifs is 1. The lowest BCUT2D eigenvalue weighted by molar-refractivity contribution is 0.102. The molecule has 4 rings (SSSR count). The number of carbonyl (C=O) groups is 1. The van der Waals surface area contributed by atoms with Gasteiger partial charge in [0.2, 0.25) is 5.95 Å². The Morgan fingerprint density at radius 3 is 2.78 bits per heavy atom. The smallest absolute Gasteiger partial charge is 0.259 e. The van der Waals surface area contributed by atoms with Crippen molar-refractivity contribution in [3.63, 3.8) is 0 Å². The van der Waals surface area contributed by atoms with Crippen molar-refractivity contribution in [2.45, 2.75) is 19.9 Å². The predicted octanol–water partition coefficient (Wildman–Crippen LogP) is 5.06. The molecule has 27 heavy (non-hydrogen) atoms. The molecule has 0 unspecified atom stereocenters. The van der Waals surface area contributed by atoms with Crippen molar-refractivity contribution in [3.8, 4) is 0 Å². The van der Waals surface area contributed by atoms with Gasteiger partial charge in [-0.3, -0.25) is 15.1 Å². The average Bonchev–Trinajstić information content (AvgIpc) is 3.20. The number of nitrogens with zero attached hydrogens (tertiary/aromatic N) is 3. The van der Waals surface area contributed by atoms with Gasteiger partial charge in [0.15, 0.2) is 0 Å². The van der Waals surface area contributed by atoms with Crippen molar-refractivity contribution in [1.29, 1.82) is 0 Å². The van der Waals surface area contributed by atoms with Crippen molar-refractivity contribution in [2.75, 3.05) is 5.32 Å². The van der Waals surface area contributed by atoms with E-state index < -0.39 is 0 Å². The Kier molecular flexibility index (Phi) is 5.05. The molecule has 1 amide bonds. The van der Waals surface area contributed by atoms with E-state index in [0.29, 0.717) is 18.1 Å². The molecule has 5 nitrogen and oxygen atoms in total. The van der Waals surface area contributed by atoms with Gasteiger partial charge in [-0.15, -0.1) is 11.3 Å². The number of imidazole rings is 1. The minimum atomic E-state index is -0.149. The third-order valence-corrected chi connectivity index (χ3v) is 6.44. The van der Waals surface area contributed by atoms with Crippen LogP contribution in [0.3, 0.4) is 0 Å². The fourth-order valence-corrected chi connectivity index (χ4v) is 4.24. The van der Waals surface area contributed by atoms with Gasteiger partial charge in [0.05, 0.1) is 20.4 Å². The Morgan fingerprint density at radius 2 is 2.04 bits per heavy atom. The Bertz CT molecular complexity index is 1100. The monoisotopic (exact) mass is 440 g/mol. The number of aromatic nitrogens is 3. The van der Waals surface area contributed by atoms with E-state index in [1.807, 2.05) is 59.3 Å². The van der Waals surface area contributed by atoms with Gasteiger partial charge in [0, 0.05) is 30.2 Å². The SMILES string of the molecule is Cc1c(C(=O)Nc2nc3ccccc3n2CCc2ccccn2)csc1Br. The van der Waals surface area contributed by atoms with E-state index in [9.17, 15) is 4.79 Å². The molecule has 1 aromatic carbocycles. The molecule has 0 atom stereocenters. The average molecular weight is 441 g/mol. The van der Waals surface area contributed by atoms with Crippen LogP contribution in [0, 0.1) is 6.92 Å². The minimum absolute atomic E-state index is 0.149. The third kappa shape index (κ3) is 3.65. The van der Waals surface area contributed by atoms with Crippen LogP contribution in [0.2, 0.25) is 0 Å². The Morgan fingerprint density at radius 1 is 1.22 bits per heavy atom. The highest BCUT2D eigenvalue weighted by atomic mass is 79.9. The molecule has 4 aromatic rings. The number of halogens is 1. The number of para-hydroxylation sites is 2. The number of rotatable bonds is 5. The largest absolute Gasteiger partial charge is 0.310 e. The molecule has 136 valence electrons. The summed E-state index contributed by atoms with van der Waals surface area (Å²) in [6.07, 6.45) is 2.55. The normalized spacial score (nSPS) is 11.0. The topological polar surface area (TPSA) is 59.8 Å². The molecule has 0 radical (unpaired) electrons. The summed E-state index contributed by atoms with van der Waals surface area (Å²) < 4.78 is 3.01. The number of carbonyl (C=O) groups excluding carboxylic acids is 1. The summed E-state index contributed by atoms with van der Waals surface area (Å²) in [5.41, 5.74) is 4.46. The van der Waals surface area contributed by atoms with E-state index in [1.165, 1.54) is 11.3 Å². The summed E-state index contributed by atoms with van der Waals surface area (Å²) in [5, 5.41) is 4.84. The van der Waals surface area contributed by atoms with Crippen molar-refractivity contribution in [3.05, 3.63) is 74.6 Å².